The molecule has 0 bridgehead atoms. The van der Waals surface area contributed by atoms with Gasteiger partial charge in [0.2, 0.25) is 5.91 Å². The monoisotopic (exact) mass is 488 g/mol. The van der Waals surface area contributed by atoms with Crippen LogP contribution in [0.5, 0.6) is 0 Å². The van der Waals surface area contributed by atoms with E-state index in [-0.39, 0.29) is 38.3 Å². The minimum atomic E-state index is -3.47. The Labute approximate surface area is 187 Å². The van der Waals surface area contributed by atoms with Gasteiger partial charge in [0.25, 0.3) is 11.8 Å². The molecule has 1 atom stereocenters. The molecule has 1 heterocycles. The number of imide groups is 1. The minimum absolute atomic E-state index is 0.0852. The molecule has 3 amide bonds. The van der Waals surface area contributed by atoms with Crippen LogP contribution >= 0.6 is 34.8 Å². The molecule has 0 aromatic heterocycles. The molecule has 158 valence electrons. The van der Waals surface area contributed by atoms with Crippen molar-refractivity contribution >= 4 is 68.0 Å². The second-order valence-electron chi connectivity index (χ2n) is 6.70. The molecular weight excluding hydrogens is 475 g/mol. The number of benzene rings is 2. The summed E-state index contributed by atoms with van der Waals surface area (Å²) in [7, 11) is -3.47. The highest BCUT2D eigenvalue weighted by molar-refractivity contribution is 7.90. The molecule has 0 spiro atoms. The molecule has 30 heavy (non-hydrogen) atoms. The number of hydrogen-bond donors (Lipinski definition) is 1. The summed E-state index contributed by atoms with van der Waals surface area (Å²) in [6, 6.07) is 7.39. The molecule has 7 nitrogen and oxygen atoms in total. The Kier molecular flexibility index (Phi) is 6.43. The van der Waals surface area contributed by atoms with Crippen LogP contribution in [0.2, 0.25) is 15.1 Å². The van der Waals surface area contributed by atoms with Crippen LogP contribution in [0.4, 0.5) is 5.69 Å². The van der Waals surface area contributed by atoms with Crippen LogP contribution in [-0.4, -0.2) is 49.1 Å². The minimum Gasteiger partial charge on any atom is -0.323 e. The van der Waals surface area contributed by atoms with Gasteiger partial charge in [-0.1, -0.05) is 46.9 Å². The van der Waals surface area contributed by atoms with Crippen molar-refractivity contribution < 1.29 is 22.8 Å². The van der Waals surface area contributed by atoms with E-state index in [1.54, 1.807) is 12.1 Å². The van der Waals surface area contributed by atoms with Crippen molar-refractivity contribution in [2.75, 3.05) is 17.3 Å². The van der Waals surface area contributed by atoms with E-state index in [1.807, 2.05) is 0 Å². The van der Waals surface area contributed by atoms with Crippen molar-refractivity contribution in [2.45, 2.75) is 12.5 Å². The van der Waals surface area contributed by atoms with Crippen molar-refractivity contribution in [3.8, 4) is 0 Å². The fourth-order valence-electron chi connectivity index (χ4n) is 3.03. The highest BCUT2D eigenvalue weighted by Gasteiger charge is 2.42. The summed E-state index contributed by atoms with van der Waals surface area (Å²) in [6.07, 6.45) is 0.718. The second-order valence-corrected chi connectivity index (χ2v) is 10.2. The lowest BCUT2D eigenvalue weighted by molar-refractivity contribution is -0.120. The zero-order valence-electron chi connectivity index (χ0n) is 15.5. The van der Waals surface area contributed by atoms with Crippen LogP contribution in [0.1, 0.15) is 27.1 Å². The van der Waals surface area contributed by atoms with Gasteiger partial charge in [-0.2, -0.15) is 0 Å². The molecule has 1 unspecified atom stereocenters. The molecule has 0 radical (unpaired) electrons. The van der Waals surface area contributed by atoms with Crippen molar-refractivity contribution in [2.24, 2.45) is 0 Å². The number of sulfone groups is 1. The standard InChI is InChI=1S/C19H15Cl3N2O5S/c1-30(28,29)7-6-16(17(25)23-15-9-13(21)12(20)8-14(15)22)24-18(26)10-4-2-3-5-11(10)19(24)27/h2-5,8-9,16H,6-7H2,1H3,(H,23,25). The predicted octanol–water partition coefficient (Wildman–Crippen LogP) is 3.68. The fraction of sp³-hybridized carbons (Fsp3) is 0.211. The lowest BCUT2D eigenvalue weighted by Gasteiger charge is -2.25. The smallest absolute Gasteiger partial charge is 0.262 e. The SMILES string of the molecule is CS(=O)(=O)CCC(C(=O)Nc1cc(Cl)c(Cl)cc1Cl)N1C(=O)c2ccccc2C1=O. The summed E-state index contributed by atoms with van der Waals surface area (Å²) in [5, 5.41) is 2.89. The van der Waals surface area contributed by atoms with Gasteiger partial charge in [-0.05, 0) is 30.7 Å². The summed E-state index contributed by atoms with van der Waals surface area (Å²) < 4.78 is 23.4. The number of rotatable bonds is 6. The highest BCUT2D eigenvalue weighted by Crippen LogP contribution is 2.33. The number of nitrogens with zero attached hydrogens (tertiary/aromatic N) is 1. The fourth-order valence-corrected chi connectivity index (χ4v) is 4.27. The maximum absolute atomic E-state index is 13.0. The van der Waals surface area contributed by atoms with E-state index in [1.165, 1.54) is 24.3 Å². The van der Waals surface area contributed by atoms with Crippen molar-refractivity contribution in [3.05, 3.63) is 62.6 Å². The maximum atomic E-state index is 13.0. The largest absolute Gasteiger partial charge is 0.323 e. The predicted molar refractivity (Wildman–Crippen MR) is 115 cm³/mol. The van der Waals surface area contributed by atoms with Crippen molar-refractivity contribution in [1.82, 2.24) is 4.90 Å². The Hall–Kier alpha value is -2.13. The van der Waals surface area contributed by atoms with Gasteiger partial charge in [0, 0.05) is 6.26 Å². The zero-order chi connectivity index (χ0) is 22.2. The normalized spacial score (nSPS) is 14.6. The Morgan fingerprint density at radius 1 is 1.00 bits per heavy atom. The van der Waals surface area contributed by atoms with E-state index in [2.05, 4.69) is 5.32 Å². The van der Waals surface area contributed by atoms with Gasteiger partial charge in [-0.3, -0.25) is 19.3 Å². The van der Waals surface area contributed by atoms with Gasteiger partial charge in [0.1, 0.15) is 15.9 Å². The maximum Gasteiger partial charge on any atom is 0.262 e. The lowest BCUT2D eigenvalue weighted by Crippen LogP contribution is -2.48. The molecule has 0 fully saturated rings. The lowest BCUT2D eigenvalue weighted by atomic mass is 10.1. The number of fused-ring (bicyclic) bond motifs is 1. The van der Waals surface area contributed by atoms with Crippen LogP contribution < -0.4 is 5.32 Å². The number of hydrogen-bond acceptors (Lipinski definition) is 5. The van der Waals surface area contributed by atoms with Crippen molar-refractivity contribution in [3.63, 3.8) is 0 Å². The van der Waals surface area contributed by atoms with Gasteiger partial charge in [0.15, 0.2) is 0 Å². The van der Waals surface area contributed by atoms with Crippen LogP contribution in [0.15, 0.2) is 36.4 Å². The number of halogens is 3. The average Bonchev–Trinajstić information content (AvgIpc) is 2.91. The average molecular weight is 490 g/mol. The van der Waals surface area contributed by atoms with Gasteiger partial charge < -0.3 is 5.32 Å². The first-order chi connectivity index (χ1) is 14.0. The third kappa shape index (κ3) is 4.62. The van der Waals surface area contributed by atoms with E-state index < -0.39 is 39.4 Å². The quantitative estimate of drug-likeness (QED) is 0.493. The molecule has 3 rings (SSSR count). The van der Waals surface area contributed by atoms with E-state index in [0.29, 0.717) is 0 Å². The number of anilines is 1. The highest BCUT2D eigenvalue weighted by atomic mass is 35.5. The van der Waals surface area contributed by atoms with Gasteiger partial charge in [0.05, 0.1) is 37.6 Å². The molecule has 0 saturated heterocycles. The molecule has 11 heteroatoms. The summed E-state index contributed by atoms with van der Waals surface area (Å²) in [5.41, 5.74) is 0.400. The van der Waals surface area contributed by atoms with Gasteiger partial charge in [-0.15, -0.1) is 0 Å². The topological polar surface area (TPSA) is 101 Å². The van der Waals surface area contributed by atoms with Crippen LogP contribution in [-0.2, 0) is 14.6 Å². The van der Waals surface area contributed by atoms with Crippen molar-refractivity contribution in [1.29, 1.82) is 0 Å². The number of carbonyl (C=O) groups excluding carboxylic acids is 3. The van der Waals surface area contributed by atoms with E-state index in [4.69, 9.17) is 34.8 Å². The molecule has 2 aromatic rings. The molecule has 1 N–H and O–H groups in total. The van der Waals surface area contributed by atoms with Crippen LogP contribution in [0.25, 0.3) is 0 Å². The van der Waals surface area contributed by atoms with Crippen LogP contribution in [0, 0.1) is 0 Å². The Morgan fingerprint density at radius 3 is 2.07 bits per heavy atom. The summed E-state index contributed by atoms with van der Waals surface area (Å²) in [4.78, 5) is 39.4. The first-order valence-corrected chi connectivity index (χ1v) is 11.8. The molecular formula is C19H15Cl3N2O5S. The molecule has 2 aromatic carbocycles. The second kappa shape index (κ2) is 8.55. The summed E-state index contributed by atoms with van der Waals surface area (Å²) in [6.45, 7) is 0. The summed E-state index contributed by atoms with van der Waals surface area (Å²) >= 11 is 17.9. The summed E-state index contributed by atoms with van der Waals surface area (Å²) in [5.74, 6) is -2.55. The number of amides is 3. The third-order valence-electron chi connectivity index (χ3n) is 4.47. The molecule has 1 aliphatic heterocycles. The molecule has 1 aliphatic rings. The van der Waals surface area contributed by atoms with E-state index in [9.17, 15) is 22.8 Å². The number of carbonyl (C=O) groups is 3. The first kappa shape index (κ1) is 22.6. The molecule has 0 aliphatic carbocycles. The van der Waals surface area contributed by atoms with E-state index >= 15 is 0 Å². The Bertz CT molecular complexity index is 1130. The van der Waals surface area contributed by atoms with Gasteiger partial charge in [-0.25, -0.2) is 8.42 Å². The van der Waals surface area contributed by atoms with Crippen LogP contribution in [0.3, 0.4) is 0 Å². The van der Waals surface area contributed by atoms with E-state index in [0.717, 1.165) is 11.2 Å². The zero-order valence-corrected chi connectivity index (χ0v) is 18.6. The Balaban J connectivity index is 1.95. The Morgan fingerprint density at radius 2 is 1.53 bits per heavy atom. The third-order valence-corrected chi connectivity index (χ3v) is 6.48. The first-order valence-electron chi connectivity index (χ1n) is 8.59. The molecule has 0 saturated carbocycles. The number of nitrogens with one attached hydrogen (secondary N) is 1. The van der Waals surface area contributed by atoms with Gasteiger partial charge >= 0.3 is 0 Å².